The lowest BCUT2D eigenvalue weighted by atomic mass is 9.88. The number of hydrogen-bond donors (Lipinski definition) is 3. The first-order chi connectivity index (χ1) is 18.3. The zero-order valence-electron chi connectivity index (χ0n) is 22.0. The molecule has 0 aromatic heterocycles. The van der Waals surface area contributed by atoms with E-state index in [1.165, 1.54) is 24.2 Å². The molecule has 3 atom stereocenters. The largest absolute Gasteiger partial charge is 0.493 e. The van der Waals surface area contributed by atoms with Gasteiger partial charge < -0.3 is 39.4 Å². The molecule has 212 valence electrons. The number of nitrogens with zero attached hydrogens (tertiary/aromatic N) is 1. The molecule has 11 nitrogen and oxygen atoms in total. The van der Waals surface area contributed by atoms with Gasteiger partial charge >= 0.3 is 0 Å². The third kappa shape index (κ3) is 8.90. The van der Waals surface area contributed by atoms with E-state index in [-0.39, 0.29) is 44.4 Å². The Bertz CT molecular complexity index is 972. The number of amides is 2. The van der Waals surface area contributed by atoms with Gasteiger partial charge in [0.2, 0.25) is 11.8 Å². The first-order valence-corrected chi connectivity index (χ1v) is 13.6. The first-order valence-electron chi connectivity index (χ1n) is 12.5. The van der Waals surface area contributed by atoms with Crippen LogP contribution in [0.5, 0.6) is 11.5 Å². The molecule has 38 heavy (non-hydrogen) atoms. The number of halogens is 1. The monoisotopic (exact) mass is 648 g/mol. The van der Waals surface area contributed by atoms with Gasteiger partial charge in [0.1, 0.15) is 25.1 Å². The van der Waals surface area contributed by atoms with Gasteiger partial charge in [-0.3, -0.25) is 14.4 Å². The zero-order chi connectivity index (χ0) is 28.1. The van der Waals surface area contributed by atoms with Crippen LogP contribution in [0.3, 0.4) is 0 Å². The quantitative estimate of drug-likeness (QED) is 0.137. The van der Waals surface area contributed by atoms with E-state index in [0.29, 0.717) is 53.0 Å². The Labute approximate surface area is 236 Å². The first kappa shape index (κ1) is 32.0. The number of carbonyl (C=O) groups is 3. The van der Waals surface area contributed by atoms with Crippen molar-refractivity contribution in [1.29, 1.82) is 0 Å². The summed E-state index contributed by atoms with van der Waals surface area (Å²) < 4.78 is 22.9. The number of rotatable bonds is 16. The molecule has 3 N–H and O–H groups in total. The molecule has 0 saturated carbocycles. The predicted octanol–water partition coefficient (Wildman–Crippen LogP) is 1.32. The van der Waals surface area contributed by atoms with Crippen LogP contribution in [0, 0.1) is 3.57 Å². The van der Waals surface area contributed by atoms with E-state index in [4.69, 9.17) is 24.1 Å². The second-order valence-corrected chi connectivity index (χ2v) is 9.60. The minimum atomic E-state index is -1.20. The maximum Gasteiger partial charge on any atom is 0.248 e. The summed E-state index contributed by atoms with van der Waals surface area (Å²) >= 11 is 2.00. The van der Waals surface area contributed by atoms with Gasteiger partial charge in [0.05, 0.1) is 23.3 Å². The zero-order valence-corrected chi connectivity index (χ0v) is 24.1. The molecule has 1 aromatic carbocycles. The van der Waals surface area contributed by atoms with Crippen LogP contribution in [-0.4, -0.2) is 105 Å². The fourth-order valence-electron chi connectivity index (χ4n) is 4.07. The minimum absolute atomic E-state index is 0.0507. The van der Waals surface area contributed by atoms with Gasteiger partial charge in [0.15, 0.2) is 11.5 Å². The van der Waals surface area contributed by atoms with Crippen LogP contribution in [0.1, 0.15) is 37.0 Å². The summed E-state index contributed by atoms with van der Waals surface area (Å²) in [5.41, 5.74) is 0.693. The lowest BCUT2D eigenvalue weighted by molar-refractivity contribution is -0.143. The number of ether oxygens (including phenoxy) is 4. The molecule has 0 heterocycles. The van der Waals surface area contributed by atoms with E-state index in [1.54, 1.807) is 13.0 Å². The highest BCUT2D eigenvalue weighted by Crippen LogP contribution is 2.37. The van der Waals surface area contributed by atoms with Crippen molar-refractivity contribution in [3.8, 4) is 11.5 Å². The number of aliphatic hydroxyl groups is 2. The maximum absolute atomic E-state index is 13.2. The van der Waals surface area contributed by atoms with Gasteiger partial charge in [-0.05, 0) is 61.1 Å². The van der Waals surface area contributed by atoms with Crippen molar-refractivity contribution < 1.29 is 43.5 Å². The number of methoxy groups -OCH3 is 1. The lowest BCUT2D eigenvalue weighted by Gasteiger charge is -2.40. The Kier molecular flexibility index (Phi) is 14.0. The molecule has 12 heteroatoms. The topological polar surface area (TPSA) is 144 Å². The van der Waals surface area contributed by atoms with Crippen molar-refractivity contribution in [1.82, 2.24) is 10.2 Å². The van der Waals surface area contributed by atoms with Crippen LogP contribution in [0.2, 0.25) is 0 Å². The number of benzene rings is 1. The van der Waals surface area contributed by atoms with Crippen molar-refractivity contribution in [2.75, 3.05) is 53.2 Å². The van der Waals surface area contributed by atoms with Crippen molar-refractivity contribution in [2.24, 2.45) is 0 Å². The van der Waals surface area contributed by atoms with Crippen LogP contribution >= 0.6 is 22.6 Å². The predicted molar refractivity (Wildman–Crippen MR) is 147 cm³/mol. The number of aldehydes is 1. The highest BCUT2D eigenvalue weighted by molar-refractivity contribution is 14.1. The summed E-state index contributed by atoms with van der Waals surface area (Å²) in [5.74, 6) is -0.188. The van der Waals surface area contributed by atoms with E-state index in [9.17, 15) is 19.5 Å². The average molecular weight is 648 g/mol. The van der Waals surface area contributed by atoms with E-state index in [1.807, 2.05) is 29.5 Å². The van der Waals surface area contributed by atoms with Gasteiger partial charge in [-0.1, -0.05) is 0 Å². The van der Waals surface area contributed by atoms with Gasteiger partial charge in [0.25, 0.3) is 0 Å². The molecule has 2 amide bonds. The third-order valence-electron chi connectivity index (χ3n) is 5.90. The molecule has 0 radical (unpaired) electrons. The van der Waals surface area contributed by atoms with E-state index in [2.05, 4.69) is 5.32 Å². The van der Waals surface area contributed by atoms with Crippen LogP contribution in [-0.2, 0) is 19.1 Å². The van der Waals surface area contributed by atoms with Gasteiger partial charge in [-0.25, -0.2) is 0 Å². The third-order valence-corrected chi connectivity index (χ3v) is 6.70. The molecular formula is C26H37IN2O9. The van der Waals surface area contributed by atoms with E-state index < -0.39 is 24.2 Å². The van der Waals surface area contributed by atoms with Crippen molar-refractivity contribution in [3.63, 3.8) is 0 Å². The maximum atomic E-state index is 13.2. The Morgan fingerprint density at radius 1 is 1.24 bits per heavy atom. The summed E-state index contributed by atoms with van der Waals surface area (Å²) in [6.07, 6.45) is 0.574. The molecule has 0 bridgehead atoms. The molecule has 1 aromatic rings. The van der Waals surface area contributed by atoms with Crippen molar-refractivity contribution >= 4 is 40.7 Å². The SMILES string of the molecule is CCOCCCN(C(=O)COCC)[C@@H]1CC(C(=O)NCCO)=C[C@H](Oc2c(I)cc(C=O)cc2OC)[C@H]1O. The molecule has 2 rings (SSSR count). The molecule has 0 aliphatic heterocycles. The molecule has 1 aliphatic rings. The minimum Gasteiger partial charge on any atom is -0.493 e. The smallest absolute Gasteiger partial charge is 0.248 e. The molecule has 0 fully saturated rings. The van der Waals surface area contributed by atoms with Crippen molar-refractivity contribution in [2.45, 2.75) is 44.9 Å². The number of carbonyl (C=O) groups excluding carboxylic acids is 3. The highest BCUT2D eigenvalue weighted by Gasteiger charge is 2.40. The second kappa shape index (κ2) is 16.6. The summed E-state index contributed by atoms with van der Waals surface area (Å²) in [7, 11) is 1.43. The Hall–Kier alpha value is -2.26. The van der Waals surface area contributed by atoms with Gasteiger partial charge in [-0.2, -0.15) is 0 Å². The normalized spacial score (nSPS) is 18.9. The highest BCUT2D eigenvalue weighted by atomic mass is 127. The summed E-state index contributed by atoms with van der Waals surface area (Å²) in [6.45, 7) is 4.89. The summed E-state index contributed by atoms with van der Waals surface area (Å²) in [4.78, 5) is 38.9. The number of hydrogen-bond acceptors (Lipinski definition) is 9. The average Bonchev–Trinajstić information content (AvgIpc) is 2.92. The van der Waals surface area contributed by atoms with Crippen LogP contribution < -0.4 is 14.8 Å². The fourth-order valence-corrected chi connectivity index (χ4v) is 4.82. The second-order valence-electron chi connectivity index (χ2n) is 8.44. The summed E-state index contributed by atoms with van der Waals surface area (Å²) in [6, 6.07) is 2.33. The fraction of sp³-hybridized carbons (Fsp3) is 0.577. The van der Waals surface area contributed by atoms with Gasteiger partial charge in [0, 0.05) is 50.5 Å². The molecule has 0 unspecified atom stereocenters. The molecular weight excluding hydrogens is 611 g/mol. The van der Waals surface area contributed by atoms with E-state index in [0.717, 1.165) is 0 Å². The Morgan fingerprint density at radius 3 is 2.61 bits per heavy atom. The Balaban J connectivity index is 2.46. The molecule has 1 aliphatic carbocycles. The number of aliphatic hydroxyl groups excluding tert-OH is 2. The number of nitrogens with one attached hydrogen (secondary N) is 1. The van der Waals surface area contributed by atoms with Crippen LogP contribution in [0.15, 0.2) is 23.8 Å². The summed E-state index contributed by atoms with van der Waals surface area (Å²) in [5, 5.41) is 23.2. The van der Waals surface area contributed by atoms with Crippen LogP contribution in [0.25, 0.3) is 0 Å². The standard InChI is InChI=1S/C26H37IN2O9/c1-4-36-10-6-8-29(23(32)16-37-5-2)20-13-18(26(34)28-7-9-30)14-21(24(20)33)38-25-19(27)11-17(15-31)12-22(25)35-3/h11-12,14-15,20-21,24,30,33H,4-10,13,16H2,1-3H3,(H,28,34)/t20-,21+,24+/m1/s1. The molecule has 0 saturated heterocycles. The lowest BCUT2D eigenvalue weighted by Crippen LogP contribution is -2.56. The van der Waals surface area contributed by atoms with E-state index >= 15 is 0 Å². The van der Waals surface area contributed by atoms with Crippen LogP contribution in [0.4, 0.5) is 0 Å². The molecule has 0 spiro atoms. The van der Waals surface area contributed by atoms with Crippen molar-refractivity contribution in [3.05, 3.63) is 32.9 Å². The van der Waals surface area contributed by atoms with Gasteiger partial charge in [-0.15, -0.1) is 0 Å². The Morgan fingerprint density at radius 2 is 1.97 bits per heavy atom.